The van der Waals surface area contributed by atoms with Crippen LogP contribution in [0.5, 0.6) is 11.5 Å². The van der Waals surface area contributed by atoms with Crippen LogP contribution >= 0.6 is 0 Å². The zero-order chi connectivity index (χ0) is 19.6. The van der Waals surface area contributed by atoms with Gasteiger partial charge in [-0.2, -0.15) is 0 Å². The third kappa shape index (κ3) is 3.81. The number of piperazine rings is 1. The van der Waals surface area contributed by atoms with E-state index < -0.39 is 12.1 Å². The highest BCUT2D eigenvalue weighted by atomic mass is 16.5. The fourth-order valence-corrected chi connectivity index (χ4v) is 3.21. The van der Waals surface area contributed by atoms with Gasteiger partial charge in [-0.25, -0.2) is 4.79 Å². The minimum atomic E-state index is -0.694. The molecule has 0 saturated carbocycles. The van der Waals surface area contributed by atoms with Crippen molar-refractivity contribution in [3.05, 3.63) is 35.0 Å². The molecule has 1 aromatic rings. The summed E-state index contributed by atoms with van der Waals surface area (Å²) in [5.41, 5.74) is 1.46. The van der Waals surface area contributed by atoms with Crippen LogP contribution in [0.15, 0.2) is 29.5 Å². The summed E-state index contributed by atoms with van der Waals surface area (Å²) in [4.78, 5) is 38.3. The summed E-state index contributed by atoms with van der Waals surface area (Å²) in [5.74, 6) is 0.569. The monoisotopic (exact) mass is 374 g/mol. The average Bonchev–Trinajstić information content (AvgIpc) is 2.66. The Bertz CT molecular complexity index is 798. The molecule has 9 nitrogen and oxygen atoms in total. The van der Waals surface area contributed by atoms with E-state index >= 15 is 0 Å². The van der Waals surface area contributed by atoms with Gasteiger partial charge in [0.2, 0.25) is 5.91 Å². The molecule has 1 saturated heterocycles. The van der Waals surface area contributed by atoms with E-state index in [4.69, 9.17) is 9.47 Å². The number of carbonyl (C=O) groups is 3. The van der Waals surface area contributed by atoms with E-state index in [0.29, 0.717) is 41.4 Å². The van der Waals surface area contributed by atoms with E-state index in [0.717, 1.165) is 0 Å². The molecule has 4 amide bonds. The predicted molar refractivity (Wildman–Crippen MR) is 96.2 cm³/mol. The number of allylic oxidation sites excluding steroid dienone is 1. The number of benzene rings is 1. The van der Waals surface area contributed by atoms with Crippen molar-refractivity contribution in [2.24, 2.45) is 0 Å². The Morgan fingerprint density at radius 3 is 2.41 bits per heavy atom. The number of carbonyl (C=O) groups excluding carboxylic acids is 3. The van der Waals surface area contributed by atoms with Crippen molar-refractivity contribution < 1.29 is 23.9 Å². The van der Waals surface area contributed by atoms with E-state index in [-0.39, 0.29) is 18.4 Å². The summed E-state index contributed by atoms with van der Waals surface area (Å²) in [6, 6.07) is 4.08. The zero-order valence-corrected chi connectivity index (χ0v) is 15.4. The van der Waals surface area contributed by atoms with Crippen molar-refractivity contribution in [1.82, 2.24) is 20.9 Å². The first-order valence-corrected chi connectivity index (χ1v) is 8.50. The summed E-state index contributed by atoms with van der Waals surface area (Å²) in [7, 11) is 3.05. The number of methoxy groups -OCH3 is 2. The number of urea groups is 1. The largest absolute Gasteiger partial charge is 0.497 e. The van der Waals surface area contributed by atoms with Crippen LogP contribution in [0.25, 0.3) is 0 Å². The maximum absolute atomic E-state index is 13.1. The fourth-order valence-electron chi connectivity index (χ4n) is 3.21. The highest BCUT2D eigenvalue weighted by molar-refractivity contribution is 6.00. The summed E-state index contributed by atoms with van der Waals surface area (Å²) in [5, 5.41) is 8.11. The second kappa shape index (κ2) is 7.56. The molecule has 0 aromatic heterocycles. The van der Waals surface area contributed by atoms with Gasteiger partial charge in [0, 0.05) is 24.9 Å². The molecule has 3 rings (SSSR count). The molecule has 2 aliphatic heterocycles. The van der Waals surface area contributed by atoms with Crippen molar-refractivity contribution in [3.63, 3.8) is 0 Å². The van der Waals surface area contributed by atoms with Crippen LogP contribution in [0, 0.1) is 0 Å². The maximum Gasteiger partial charge on any atom is 0.319 e. The molecule has 0 radical (unpaired) electrons. The third-order valence-corrected chi connectivity index (χ3v) is 4.53. The maximum atomic E-state index is 13.1. The molecule has 0 aliphatic carbocycles. The normalized spacial score (nSPS) is 19.8. The van der Waals surface area contributed by atoms with Gasteiger partial charge >= 0.3 is 6.03 Å². The molecule has 2 aliphatic rings. The third-order valence-electron chi connectivity index (χ3n) is 4.53. The van der Waals surface area contributed by atoms with Crippen LogP contribution in [-0.4, -0.2) is 56.6 Å². The van der Waals surface area contributed by atoms with Gasteiger partial charge in [0.05, 0.1) is 32.4 Å². The average molecular weight is 374 g/mol. The summed E-state index contributed by atoms with van der Waals surface area (Å²) >= 11 is 0. The van der Waals surface area contributed by atoms with Gasteiger partial charge < -0.3 is 30.3 Å². The van der Waals surface area contributed by atoms with Gasteiger partial charge in [-0.1, -0.05) is 0 Å². The van der Waals surface area contributed by atoms with Gasteiger partial charge in [0.25, 0.3) is 5.91 Å². The lowest BCUT2D eigenvalue weighted by Crippen LogP contribution is -2.53. The molecule has 1 fully saturated rings. The lowest BCUT2D eigenvalue weighted by molar-refractivity contribution is -0.135. The Labute approximate surface area is 156 Å². The second-order valence-corrected chi connectivity index (χ2v) is 6.29. The van der Waals surface area contributed by atoms with Crippen molar-refractivity contribution in [2.75, 3.05) is 33.9 Å². The minimum absolute atomic E-state index is 0.0162. The highest BCUT2D eigenvalue weighted by Gasteiger charge is 2.35. The van der Waals surface area contributed by atoms with Crippen molar-refractivity contribution in [2.45, 2.75) is 13.0 Å². The molecule has 1 aromatic carbocycles. The van der Waals surface area contributed by atoms with Crippen LogP contribution in [0.1, 0.15) is 18.5 Å². The Morgan fingerprint density at radius 1 is 1.15 bits per heavy atom. The van der Waals surface area contributed by atoms with E-state index in [9.17, 15) is 14.4 Å². The first-order chi connectivity index (χ1) is 12.9. The highest BCUT2D eigenvalue weighted by Crippen LogP contribution is 2.33. The van der Waals surface area contributed by atoms with Crippen molar-refractivity contribution >= 4 is 17.8 Å². The number of ether oxygens (including phenoxy) is 2. The summed E-state index contributed by atoms with van der Waals surface area (Å²) < 4.78 is 10.6. The smallest absolute Gasteiger partial charge is 0.319 e. The number of amides is 4. The van der Waals surface area contributed by atoms with Crippen LogP contribution in [-0.2, 0) is 9.59 Å². The van der Waals surface area contributed by atoms with Gasteiger partial charge in [0.1, 0.15) is 11.5 Å². The first kappa shape index (κ1) is 18.6. The molecular formula is C18H22N4O5. The lowest BCUT2D eigenvalue weighted by Gasteiger charge is -2.34. The SMILES string of the molecule is COc1cc(OC)cc([C@H]2NC(=O)NC(C)=C2C(=O)N2CCNC(=O)C2)c1. The first-order valence-electron chi connectivity index (χ1n) is 8.50. The van der Waals surface area contributed by atoms with Gasteiger partial charge in [-0.15, -0.1) is 0 Å². The number of nitrogens with one attached hydrogen (secondary N) is 3. The Kier molecular flexibility index (Phi) is 5.20. The molecule has 3 N–H and O–H groups in total. The second-order valence-electron chi connectivity index (χ2n) is 6.29. The number of hydrogen-bond acceptors (Lipinski definition) is 5. The molecule has 1 atom stereocenters. The quantitative estimate of drug-likeness (QED) is 0.702. The van der Waals surface area contributed by atoms with E-state index in [1.54, 1.807) is 25.1 Å². The molecular weight excluding hydrogens is 352 g/mol. The van der Waals surface area contributed by atoms with Crippen LogP contribution in [0.4, 0.5) is 4.79 Å². The predicted octanol–water partition coefficient (Wildman–Crippen LogP) is 0.290. The molecule has 27 heavy (non-hydrogen) atoms. The molecule has 2 heterocycles. The standard InChI is InChI=1S/C18H22N4O5/c1-10-15(17(24)22-5-4-19-14(23)9-22)16(21-18(25)20-10)11-6-12(26-2)8-13(7-11)27-3/h6-8,16H,4-5,9H2,1-3H3,(H,19,23)(H2,20,21,25)/t16-/m1/s1. The molecule has 9 heteroatoms. The summed E-state index contributed by atoms with van der Waals surface area (Å²) in [6.45, 7) is 2.45. The zero-order valence-electron chi connectivity index (χ0n) is 15.4. The minimum Gasteiger partial charge on any atom is -0.497 e. The van der Waals surface area contributed by atoms with Gasteiger partial charge in [-0.05, 0) is 24.6 Å². The molecule has 0 unspecified atom stereocenters. The molecule has 0 bridgehead atoms. The number of rotatable bonds is 4. The molecule has 0 spiro atoms. The Hall–Kier alpha value is -3.23. The van der Waals surface area contributed by atoms with Crippen molar-refractivity contribution in [3.8, 4) is 11.5 Å². The van der Waals surface area contributed by atoms with Crippen LogP contribution in [0.2, 0.25) is 0 Å². The Morgan fingerprint density at radius 2 is 1.81 bits per heavy atom. The molecule has 144 valence electrons. The van der Waals surface area contributed by atoms with E-state index in [1.165, 1.54) is 19.1 Å². The number of nitrogens with zero attached hydrogens (tertiary/aromatic N) is 1. The number of hydrogen-bond donors (Lipinski definition) is 3. The van der Waals surface area contributed by atoms with Gasteiger partial charge in [0.15, 0.2) is 0 Å². The topological polar surface area (TPSA) is 109 Å². The van der Waals surface area contributed by atoms with Crippen molar-refractivity contribution in [1.29, 1.82) is 0 Å². The van der Waals surface area contributed by atoms with E-state index in [1.807, 2.05) is 0 Å². The Balaban J connectivity index is 2.02. The van der Waals surface area contributed by atoms with Crippen LogP contribution in [0.3, 0.4) is 0 Å². The van der Waals surface area contributed by atoms with Crippen LogP contribution < -0.4 is 25.4 Å². The lowest BCUT2D eigenvalue weighted by atomic mass is 9.94. The summed E-state index contributed by atoms with van der Waals surface area (Å²) in [6.07, 6.45) is 0. The van der Waals surface area contributed by atoms with E-state index in [2.05, 4.69) is 16.0 Å². The van der Waals surface area contributed by atoms with Gasteiger partial charge in [-0.3, -0.25) is 9.59 Å². The fraction of sp³-hybridized carbons (Fsp3) is 0.389.